The number of aromatic nitrogens is 2. The van der Waals surface area contributed by atoms with E-state index in [2.05, 4.69) is 20.0 Å². The normalized spacial score (nSPS) is 12.5. The van der Waals surface area contributed by atoms with Crippen LogP contribution in [0.1, 0.15) is 36.3 Å². The number of hydrogen-bond acceptors (Lipinski definition) is 5. The average Bonchev–Trinajstić information content (AvgIpc) is 2.64. The Balaban J connectivity index is 2.31. The minimum atomic E-state index is -0.379. The van der Waals surface area contributed by atoms with Crippen LogP contribution in [0.15, 0.2) is 4.52 Å². The largest absolute Gasteiger partial charge is 0.393 e. The van der Waals surface area contributed by atoms with Gasteiger partial charge in [-0.15, -0.1) is 0 Å². The molecule has 1 aromatic heterocycles. The number of nitrogens with zero attached hydrogens (tertiary/aromatic N) is 2. The molecule has 1 amide bonds. The highest BCUT2D eigenvalue weighted by Crippen LogP contribution is 1.97. The summed E-state index contributed by atoms with van der Waals surface area (Å²) >= 11 is 0. The summed E-state index contributed by atoms with van der Waals surface area (Å²) in [5.41, 5.74) is 0. The summed E-state index contributed by atoms with van der Waals surface area (Å²) in [7, 11) is 0. The Kier molecular flexibility index (Phi) is 4.23. The van der Waals surface area contributed by atoms with Crippen molar-refractivity contribution in [3.63, 3.8) is 0 Å². The van der Waals surface area contributed by atoms with E-state index in [4.69, 9.17) is 0 Å². The van der Waals surface area contributed by atoms with Crippen molar-refractivity contribution in [2.75, 3.05) is 6.54 Å². The topological polar surface area (TPSA) is 88.2 Å². The number of carbonyl (C=O) groups is 1. The van der Waals surface area contributed by atoms with Gasteiger partial charge in [0.1, 0.15) is 0 Å². The molecule has 0 saturated carbocycles. The van der Waals surface area contributed by atoms with E-state index in [-0.39, 0.29) is 17.8 Å². The lowest BCUT2D eigenvalue weighted by atomic mass is 10.2. The van der Waals surface area contributed by atoms with Crippen LogP contribution in [0.5, 0.6) is 0 Å². The molecule has 84 valence electrons. The summed E-state index contributed by atoms with van der Waals surface area (Å²) in [5.74, 6) is 0.00221. The van der Waals surface area contributed by atoms with Gasteiger partial charge in [-0.3, -0.25) is 4.79 Å². The fourth-order valence-electron chi connectivity index (χ4n) is 1.03. The molecule has 1 heterocycles. The van der Waals surface area contributed by atoms with Crippen molar-refractivity contribution < 1.29 is 14.4 Å². The summed E-state index contributed by atoms with van der Waals surface area (Å²) in [6, 6.07) is 0. The molecule has 15 heavy (non-hydrogen) atoms. The van der Waals surface area contributed by atoms with Crippen LogP contribution in [-0.2, 0) is 0 Å². The maximum atomic E-state index is 11.4. The number of aliphatic hydroxyl groups is 1. The predicted octanol–water partition coefficient (Wildman–Crippen LogP) is 0.269. The molecule has 1 rings (SSSR count). The number of nitrogens with one attached hydrogen (secondary N) is 1. The molecule has 1 aromatic rings. The van der Waals surface area contributed by atoms with Gasteiger partial charge in [0.2, 0.25) is 5.89 Å². The summed E-state index contributed by atoms with van der Waals surface area (Å²) in [5, 5.41) is 15.3. The highest BCUT2D eigenvalue weighted by molar-refractivity contribution is 5.90. The van der Waals surface area contributed by atoms with Gasteiger partial charge in [0.05, 0.1) is 6.10 Å². The Morgan fingerprint density at radius 1 is 1.67 bits per heavy atom. The van der Waals surface area contributed by atoms with Crippen molar-refractivity contribution in [2.45, 2.75) is 32.8 Å². The van der Waals surface area contributed by atoms with Gasteiger partial charge < -0.3 is 14.9 Å². The SMILES string of the molecule is CCC(O)CCNC(=O)c1noc(C)n1. The van der Waals surface area contributed by atoms with Crippen LogP contribution in [0.2, 0.25) is 0 Å². The molecule has 0 spiro atoms. The lowest BCUT2D eigenvalue weighted by Crippen LogP contribution is -2.27. The Labute approximate surface area is 87.7 Å². The molecular formula is C9H15N3O3. The molecule has 6 heteroatoms. The van der Waals surface area contributed by atoms with Gasteiger partial charge in [0.15, 0.2) is 0 Å². The second kappa shape index (κ2) is 5.45. The highest BCUT2D eigenvalue weighted by atomic mass is 16.5. The van der Waals surface area contributed by atoms with E-state index >= 15 is 0 Å². The van der Waals surface area contributed by atoms with E-state index < -0.39 is 0 Å². The highest BCUT2D eigenvalue weighted by Gasteiger charge is 2.12. The third-order valence-corrected chi connectivity index (χ3v) is 1.97. The number of hydrogen-bond donors (Lipinski definition) is 2. The Hall–Kier alpha value is -1.43. The van der Waals surface area contributed by atoms with Crippen molar-refractivity contribution in [3.05, 3.63) is 11.7 Å². The Bertz CT molecular complexity index is 324. The minimum Gasteiger partial charge on any atom is -0.393 e. The molecule has 0 aliphatic rings. The second-order valence-corrected chi connectivity index (χ2v) is 3.24. The van der Waals surface area contributed by atoms with Gasteiger partial charge in [-0.05, 0) is 12.8 Å². The van der Waals surface area contributed by atoms with Crippen LogP contribution in [0.4, 0.5) is 0 Å². The fourth-order valence-corrected chi connectivity index (χ4v) is 1.03. The summed E-state index contributed by atoms with van der Waals surface area (Å²) in [6.45, 7) is 3.90. The lowest BCUT2D eigenvalue weighted by Gasteiger charge is -2.06. The van der Waals surface area contributed by atoms with Gasteiger partial charge in [-0.25, -0.2) is 0 Å². The molecule has 0 radical (unpaired) electrons. The number of aliphatic hydroxyl groups excluding tert-OH is 1. The lowest BCUT2D eigenvalue weighted by molar-refractivity contribution is 0.0928. The zero-order valence-electron chi connectivity index (χ0n) is 8.86. The number of aryl methyl sites for hydroxylation is 1. The van der Waals surface area contributed by atoms with E-state index in [0.29, 0.717) is 25.3 Å². The predicted molar refractivity (Wildman–Crippen MR) is 52.3 cm³/mol. The van der Waals surface area contributed by atoms with Crippen molar-refractivity contribution in [1.29, 1.82) is 0 Å². The number of rotatable bonds is 5. The van der Waals surface area contributed by atoms with E-state index in [1.54, 1.807) is 6.92 Å². The molecule has 0 bridgehead atoms. The quantitative estimate of drug-likeness (QED) is 0.732. The van der Waals surface area contributed by atoms with E-state index in [9.17, 15) is 9.90 Å². The van der Waals surface area contributed by atoms with E-state index in [1.165, 1.54) is 0 Å². The Morgan fingerprint density at radius 3 is 2.93 bits per heavy atom. The molecule has 1 atom stereocenters. The molecule has 6 nitrogen and oxygen atoms in total. The zero-order valence-corrected chi connectivity index (χ0v) is 8.86. The van der Waals surface area contributed by atoms with Gasteiger partial charge in [-0.2, -0.15) is 4.98 Å². The second-order valence-electron chi connectivity index (χ2n) is 3.24. The van der Waals surface area contributed by atoms with Crippen molar-refractivity contribution in [1.82, 2.24) is 15.5 Å². The number of carbonyl (C=O) groups excluding carboxylic acids is 1. The molecule has 0 aromatic carbocycles. The van der Waals surface area contributed by atoms with Crippen LogP contribution in [0.3, 0.4) is 0 Å². The molecule has 2 N–H and O–H groups in total. The zero-order chi connectivity index (χ0) is 11.3. The van der Waals surface area contributed by atoms with Crippen LogP contribution in [-0.4, -0.2) is 33.8 Å². The summed E-state index contributed by atoms with van der Waals surface area (Å²) in [6.07, 6.45) is 0.827. The summed E-state index contributed by atoms with van der Waals surface area (Å²) < 4.78 is 4.66. The maximum absolute atomic E-state index is 11.4. The van der Waals surface area contributed by atoms with Crippen molar-refractivity contribution in [3.8, 4) is 0 Å². The van der Waals surface area contributed by atoms with Gasteiger partial charge in [-0.1, -0.05) is 12.1 Å². The molecule has 0 saturated heterocycles. The van der Waals surface area contributed by atoms with Crippen LogP contribution < -0.4 is 5.32 Å². The van der Waals surface area contributed by atoms with Gasteiger partial charge in [0, 0.05) is 13.5 Å². The van der Waals surface area contributed by atoms with Gasteiger partial charge in [0.25, 0.3) is 11.7 Å². The first-order chi connectivity index (χ1) is 7.13. The van der Waals surface area contributed by atoms with Crippen molar-refractivity contribution in [2.24, 2.45) is 0 Å². The average molecular weight is 213 g/mol. The maximum Gasteiger partial charge on any atom is 0.292 e. The fraction of sp³-hybridized carbons (Fsp3) is 0.667. The molecule has 0 aliphatic heterocycles. The Morgan fingerprint density at radius 2 is 2.40 bits per heavy atom. The third kappa shape index (κ3) is 3.67. The monoisotopic (exact) mass is 213 g/mol. The summed E-state index contributed by atoms with van der Waals surface area (Å²) in [4.78, 5) is 15.1. The standard InChI is InChI=1S/C9H15N3O3/c1-3-7(13)4-5-10-9(14)8-11-6(2)15-12-8/h7,13H,3-5H2,1-2H3,(H,10,14). The van der Waals surface area contributed by atoms with Crippen molar-refractivity contribution >= 4 is 5.91 Å². The smallest absolute Gasteiger partial charge is 0.292 e. The molecule has 0 aliphatic carbocycles. The van der Waals surface area contributed by atoms with Crippen LogP contribution in [0, 0.1) is 6.92 Å². The van der Waals surface area contributed by atoms with E-state index in [1.807, 2.05) is 6.92 Å². The first-order valence-electron chi connectivity index (χ1n) is 4.90. The molecular weight excluding hydrogens is 198 g/mol. The van der Waals surface area contributed by atoms with Crippen LogP contribution in [0.25, 0.3) is 0 Å². The number of amides is 1. The minimum absolute atomic E-state index is 0.0264. The first kappa shape index (κ1) is 11.6. The van der Waals surface area contributed by atoms with Crippen LogP contribution >= 0.6 is 0 Å². The molecule has 1 unspecified atom stereocenters. The van der Waals surface area contributed by atoms with Gasteiger partial charge >= 0.3 is 0 Å². The van der Waals surface area contributed by atoms with E-state index in [0.717, 1.165) is 0 Å². The first-order valence-corrected chi connectivity index (χ1v) is 4.90. The third-order valence-electron chi connectivity index (χ3n) is 1.97. The molecule has 0 fully saturated rings.